The van der Waals surface area contributed by atoms with Crippen molar-refractivity contribution in [2.24, 2.45) is 5.73 Å². The van der Waals surface area contributed by atoms with Crippen LogP contribution in [0.3, 0.4) is 0 Å². The fourth-order valence-electron chi connectivity index (χ4n) is 2.40. The van der Waals surface area contributed by atoms with Crippen LogP contribution in [0.1, 0.15) is 31.7 Å². The lowest BCUT2D eigenvalue weighted by molar-refractivity contribution is 0.202. The maximum atomic E-state index is 5.82. The zero-order valence-corrected chi connectivity index (χ0v) is 12.0. The van der Waals surface area contributed by atoms with Crippen LogP contribution in [0.15, 0.2) is 24.3 Å². The standard InChI is InChI=1S/C16H26N2O/c1-2-11-18(15-5-6-15)12-13-19-16-7-3-14(4-8-16)9-10-17/h3-4,7-8,15H,2,5-6,9-13,17H2,1H3. The number of rotatable bonds is 9. The molecule has 0 aromatic heterocycles. The summed E-state index contributed by atoms with van der Waals surface area (Å²) in [5.41, 5.74) is 6.82. The summed E-state index contributed by atoms with van der Waals surface area (Å²) in [6, 6.07) is 9.13. The summed E-state index contributed by atoms with van der Waals surface area (Å²) in [4.78, 5) is 2.56. The van der Waals surface area contributed by atoms with Crippen LogP contribution in [0.25, 0.3) is 0 Å². The highest BCUT2D eigenvalue weighted by atomic mass is 16.5. The van der Waals surface area contributed by atoms with Crippen molar-refractivity contribution in [2.45, 2.75) is 38.6 Å². The van der Waals surface area contributed by atoms with Crippen LogP contribution in [0.4, 0.5) is 0 Å². The van der Waals surface area contributed by atoms with Gasteiger partial charge in [-0.15, -0.1) is 0 Å². The normalized spacial score (nSPS) is 14.9. The molecule has 1 fully saturated rings. The summed E-state index contributed by atoms with van der Waals surface area (Å²) in [6.45, 7) is 5.97. The molecule has 0 saturated heterocycles. The quantitative estimate of drug-likeness (QED) is 0.743. The average Bonchev–Trinajstić information content (AvgIpc) is 3.24. The summed E-state index contributed by atoms with van der Waals surface area (Å²) in [5, 5.41) is 0. The molecule has 0 atom stereocenters. The first kappa shape index (κ1) is 14.4. The van der Waals surface area contributed by atoms with Crippen molar-refractivity contribution in [2.75, 3.05) is 26.2 Å². The Morgan fingerprint density at radius 1 is 1.21 bits per heavy atom. The maximum absolute atomic E-state index is 5.82. The van der Waals surface area contributed by atoms with Gasteiger partial charge in [0.05, 0.1) is 0 Å². The Kier molecular flexibility index (Phi) is 5.67. The molecule has 0 amide bonds. The van der Waals surface area contributed by atoms with Crippen LogP contribution < -0.4 is 10.5 Å². The number of benzene rings is 1. The van der Waals surface area contributed by atoms with Crippen molar-refractivity contribution in [3.63, 3.8) is 0 Å². The van der Waals surface area contributed by atoms with Gasteiger partial charge in [-0.05, 0) is 56.5 Å². The maximum Gasteiger partial charge on any atom is 0.119 e. The van der Waals surface area contributed by atoms with Crippen LogP contribution in [0.2, 0.25) is 0 Å². The minimum Gasteiger partial charge on any atom is -0.492 e. The van der Waals surface area contributed by atoms with Gasteiger partial charge in [0.2, 0.25) is 0 Å². The van der Waals surface area contributed by atoms with Crippen LogP contribution >= 0.6 is 0 Å². The summed E-state index contributed by atoms with van der Waals surface area (Å²) in [5.74, 6) is 0.966. The van der Waals surface area contributed by atoms with Crippen LogP contribution in [0.5, 0.6) is 5.75 Å². The smallest absolute Gasteiger partial charge is 0.119 e. The van der Waals surface area contributed by atoms with Crippen molar-refractivity contribution >= 4 is 0 Å². The Labute approximate surface area is 116 Å². The van der Waals surface area contributed by atoms with Crippen molar-refractivity contribution in [3.05, 3.63) is 29.8 Å². The third-order valence-corrected chi connectivity index (χ3v) is 3.58. The molecule has 3 nitrogen and oxygen atoms in total. The number of hydrogen-bond acceptors (Lipinski definition) is 3. The molecular formula is C16H26N2O. The minimum absolute atomic E-state index is 0.702. The number of ether oxygens (including phenoxy) is 1. The van der Waals surface area contributed by atoms with Gasteiger partial charge >= 0.3 is 0 Å². The van der Waals surface area contributed by atoms with Gasteiger partial charge in [0, 0.05) is 12.6 Å². The summed E-state index contributed by atoms with van der Waals surface area (Å²) in [6.07, 6.45) is 4.90. The van der Waals surface area contributed by atoms with Gasteiger partial charge in [0.25, 0.3) is 0 Å². The van der Waals surface area contributed by atoms with E-state index in [-0.39, 0.29) is 0 Å². The molecule has 0 heterocycles. The van der Waals surface area contributed by atoms with Crippen LogP contribution in [-0.2, 0) is 6.42 Å². The molecule has 19 heavy (non-hydrogen) atoms. The fourth-order valence-corrected chi connectivity index (χ4v) is 2.40. The van der Waals surface area contributed by atoms with E-state index >= 15 is 0 Å². The van der Waals surface area contributed by atoms with E-state index in [2.05, 4.69) is 24.0 Å². The molecule has 1 saturated carbocycles. The lowest BCUT2D eigenvalue weighted by Crippen LogP contribution is -2.31. The third kappa shape index (κ3) is 4.84. The molecular weight excluding hydrogens is 236 g/mol. The monoisotopic (exact) mass is 262 g/mol. The van der Waals surface area contributed by atoms with Gasteiger partial charge in [-0.25, -0.2) is 0 Å². The van der Waals surface area contributed by atoms with Crippen molar-refractivity contribution in [3.8, 4) is 5.75 Å². The first-order valence-electron chi connectivity index (χ1n) is 7.49. The molecule has 2 N–H and O–H groups in total. The molecule has 1 aromatic carbocycles. The molecule has 1 aromatic rings. The molecule has 0 unspecified atom stereocenters. The average molecular weight is 262 g/mol. The topological polar surface area (TPSA) is 38.5 Å². The zero-order chi connectivity index (χ0) is 13.5. The van der Waals surface area contributed by atoms with Gasteiger partial charge in [-0.3, -0.25) is 4.90 Å². The molecule has 0 bridgehead atoms. The summed E-state index contributed by atoms with van der Waals surface area (Å²) in [7, 11) is 0. The first-order valence-corrected chi connectivity index (χ1v) is 7.49. The van der Waals surface area contributed by atoms with Gasteiger partial charge in [-0.1, -0.05) is 19.1 Å². The lowest BCUT2D eigenvalue weighted by atomic mass is 10.1. The summed E-state index contributed by atoms with van der Waals surface area (Å²) >= 11 is 0. The predicted molar refractivity (Wildman–Crippen MR) is 79.6 cm³/mol. The van der Waals surface area contributed by atoms with Gasteiger partial charge in [-0.2, -0.15) is 0 Å². The van der Waals surface area contributed by atoms with E-state index in [0.29, 0.717) is 6.54 Å². The van der Waals surface area contributed by atoms with E-state index in [9.17, 15) is 0 Å². The van der Waals surface area contributed by atoms with Gasteiger partial charge < -0.3 is 10.5 Å². The number of nitrogens with two attached hydrogens (primary N) is 1. The minimum atomic E-state index is 0.702. The van der Waals surface area contributed by atoms with Crippen LogP contribution in [-0.4, -0.2) is 37.2 Å². The molecule has 1 aliphatic carbocycles. The second kappa shape index (κ2) is 7.51. The second-order valence-electron chi connectivity index (χ2n) is 5.30. The lowest BCUT2D eigenvalue weighted by Gasteiger charge is -2.21. The van der Waals surface area contributed by atoms with Crippen molar-refractivity contribution in [1.29, 1.82) is 0 Å². The first-order chi connectivity index (χ1) is 9.33. The Balaban J connectivity index is 1.72. The zero-order valence-electron chi connectivity index (χ0n) is 12.0. The molecule has 0 radical (unpaired) electrons. The van der Waals surface area contributed by atoms with Crippen molar-refractivity contribution in [1.82, 2.24) is 4.90 Å². The Morgan fingerprint density at radius 3 is 2.53 bits per heavy atom. The molecule has 1 aliphatic rings. The summed E-state index contributed by atoms with van der Waals surface area (Å²) < 4.78 is 5.82. The third-order valence-electron chi connectivity index (χ3n) is 3.58. The molecule has 106 valence electrons. The molecule has 0 aliphatic heterocycles. The largest absolute Gasteiger partial charge is 0.492 e. The second-order valence-corrected chi connectivity index (χ2v) is 5.30. The highest BCUT2D eigenvalue weighted by molar-refractivity contribution is 5.27. The Hall–Kier alpha value is -1.06. The van der Waals surface area contributed by atoms with Gasteiger partial charge in [0.1, 0.15) is 12.4 Å². The van der Waals surface area contributed by atoms with E-state index < -0.39 is 0 Å². The fraction of sp³-hybridized carbons (Fsp3) is 0.625. The van der Waals surface area contributed by atoms with E-state index in [0.717, 1.165) is 31.4 Å². The van der Waals surface area contributed by atoms with Crippen molar-refractivity contribution < 1.29 is 4.74 Å². The SMILES string of the molecule is CCCN(CCOc1ccc(CCN)cc1)C1CC1. The number of nitrogens with zero attached hydrogens (tertiary/aromatic N) is 1. The highest BCUT2D eigenvalue weighted by Gasteiger charge is 2.27. The predicted octanol–water partition coefficient (Wildman–Crippen LogP) is 2.44. The van der Waals surface area contributed by atoms with E-state index in [4.69, 9.17) is 10.5 Å². The molecule has 0 spiro atoms. The van der Waals surface area contributed by atoms with E-state index in [1.807, 2.05) is 12.1 Å². The van der Waals surface area contributed by atoms with Crippen LogP contribution in [0, 0.1) is 0 Å². The van der Waals surface area contributed by atoms with E-state index in [1.54, 1.807) is 0 Å². The Bertz CT molecular complexity index is 360. The van der Waals surface area contributed by atoms with E-state index in [1.165, 1.54) is 31.4 Å². The molecule has 3 heteroatoms. The highest BCUT2D eigenvalue weighted by Crippen LogP contribution is 2.26. The number of hydrogen-bond donors (Lipinski definition) is 1. The molecule has 2 rings (SSSR count). The Morgan fingerprint density at radius 2 is 1.95 bits per heavy atom. The van der Waals surface area contributed by atoms with Gasteiger partial charge in [0.15, 0.2) is 0 Å².